The summed E-state index contributed by atoms with van der Waals surface area (Å²) in [6.07, 6.45) is 1.50. The van der Waals surface area contributed by atoms with Crippen LogP contribution in [0.1, 0.15) is 53.0 Å². The minimum absolute atomic E-state index is 0.0725. The maximum atomic E-state index is 12.5. The lowest BCUT2D eigenvalue weighted by Gasteiger charge is -2.27. The van der Waals surface area contributed by atoms with Gasteiger partial charge in [0.1, 0.15) is 17.4 Å². The molecule has 0 spiro atoms. The summed E-state index contributed by atoms with van der Waals surface area (Å²) in [6, 6.07) is 7.19. The van der Waals surface area contributed by atoms with E-state index < -0.39 is 5.60 Å². The first kappa shape index (κ1) is 19.0. The van der Waals surface area contributed by atoms with E-state index in [0.717, 1.165) is 6.42 Å². The Morgan fingerprint density at radius 3 is 2.61 bits per heavy atom. The van der Waals surface area contributed by atoms with E-state index in [9.17, 15) is 10.1 Å². The van der Waals surface area contributed by atoms with Crippen LogP contribution in [0.15, 0.2) is 18.2 Å². The normalized spacial score (nSPS) is 14.4. The van der Waals surface area contributed by atoms with Gasteiger partial charge in [-0.15, -0.1) is 0 Å². The fourth-order valence-electron chi connectivity index (χ4n) is 2.02. The van der Waals surface area contributed by atoms with Crippen molar-refractivity contribution in [3.63, 3.8) is 0 Å². The number of hydrogen-bond acceptors (Lipinski definition) is 4. The van der Waals surface area contributed by atoms with Gasteiger partial charge in [-0.3, -0.25) is 4.79 Å². The van der Waals surface area contributed by atoms with E-state index in [4.69, 9.17) is 9.47 Å². The fraction of sp³-hybridized carbons (Fsp3) is 0.556. The second kappa shape index (κ2) is 8.54. The van der Waals surface area contributed by atoms with Crippen molar-refractivity contribution in [1.29, 1.82) is 5.26 Å². The number of nitrogens with one attached hydrogen (secondary N) is 1. The van der Waals surface area contributed by atoms with Gasteiger partial charge in [0.2, 0.25) is 0 Å². The van der Waals surface area contributed by atoms with Gasteiger partial charge < -0.3 is 14.8 Å². The first-order valence-corrected chi connectivity index (χ1v) is 8.06. The number of anilines is 1. The lowest BCUT2D eigenvalue weighted by atomic mass is 10.0. The number of rotatable bonds is 8. The monoisotopic (exact) mass is 318 g/mol. The van der Waals surface area contributed by atoms with Crippen LogP contribution >= 0.6 is 0 Å². The molecule has 0 aromatic heterocycles. The predicted molar refractivity (Wildman–Crippen MR) is 90.5 cm³/mol. The Labute approximate surface area is 138 Å². The standard InChI is InChI=1S/C18H26N2O3/c1-6-13(4)23-15-9-10-16(14(11-15)12-19)20-17(21)18(5,7-2)22-8-3/h9-11,13H,6-8H2,1-5H3,(H,20,21)/t13-,18+/m0/s1. The SMILES string of the molecule is CCO[C@](C)(CC)C(=O)Nc1ccc(O[C@@H](C)CC)cc1C#N. The summed E-state index contributed by atoms with van der Waals surface area (Å²) in [5.74, 6) is 0.367. The Morgan fingerprint density at radius 1 is 1.39 bits per heavy atom. The zero-order valence-electron chi connectivity index (χ0n) is 14.6. The summed E-state index contributed by atoms with van der Waals surface area (Å²) in [7, 11) is 0. The minimum Gasteiger partial charge on any atom is -0.491 e. The molecule has 5 nitrogen and oxygen atoms in total. The Hall–Kier alpha value is -2.06. The molecule has 126 valence electrons. The lowest BCUT2D eigenvalue weighted by molar-refractivity contribution is -0.139. The van der Waals surface area contributed by atoms with Crippen molar-refractivity contribution in [3.05, 3.63) is 23.8 Å². The summed E-state index contributed by atoms with van der Waals surface area (Å²) in [6.45, 7) is 9.94. The maximum absolute atomic E-state index is 12.5. The third kappa shape index (κ3) is 4.97. The Bertz CT molecular complexity index is 580. The Kier molecular flexibility index (Phi) is 7.05. The van der Waals surface area contributed by atoms with E-state index in [1.807, 2.05) is 27.7 Å². The van der Waals surface area contributed by atoms with Gasteiger partial charge in [-0.25, -0.2) is 0 Å². The molecule has 1 aromatic rings. The average molecular weight is 318 g/mol. The number of carbonyl (C=O) groups is 1. The molecule has 1 N–H and O–H groups in total. The molecule has 0 radical (unpaired) electrons. The fourth-order valence-corrected chi connectivity index (χ4v) is 2.02. The van der Waals surface area contributed by atoms with Crippen molar-refractivity contribution in [2.45, 2.75) is 59.2 Å². The van der Waals surface area contributed by atoms with Crippen molar-refractivity contribution < 1.29 is 14.3 Å². The third-order valence-electron chi connectivity index (χ3n) is 3.89. The summed E-state index contributed by atoms with van der Waals surface area (Å²) < 4.78 is 11.3. The first-order valence-electron chi connectivity index (χ1n) is 8.06. The average Bonchev–Trinajstić information content (AvgIpc) is 2.55. The number of nitriles is 1. The van der Waals surface area contributed by atoms with E-state index in [1.54, 1.807) is 25.1 Å². The molecule has 0 aliphatic carbocycles. The number of amides is 1. The molecule has 0 heterocycles. The van der Waals surface area contributed by atoms with Gasteiger partial charge in [0.15, 0.2) is 0 Å². The second-order valence-electron chi connectivity index (χ2n) is 5.63. The molecule has 0 aliphatic heterocycles. The van der Waals surface area contributed by atoms with Crippen LogP contribution in [-0.2, 0) is 9.53 Å². The summed E-state index contributed by atoms with van der Waals surface area (Å²) >= 11 is 0. The van der Waals surface area contributed by atoms with Crippen LogP contribution in [0.3, 0.4) is 0 Å². The lowest BCUT2D eigenvalue weighted by Crippen LogP contribution is -2.42. The van der Waals surface area contributed by atoms with E-state index in [1.165, 1.54) is 0 Å². The number of nitrogens with zero attached hydrogens (tertiary/aromatic N) is 1. The number of carbonyl (C=O) groups excluding carboxylic acids is 1. The number of hydrogen-bond donors (Lipinski definition) is 1. The molecule has 5 heteroatoms. The molecule has 0 saturated heterocycles. The third-order valence-corrected chi connectivity index (χ3v) is 3.89. The van der Waals surface area contributed by atoms with Gasteiger partial charge in [0.05, 0.1) is 17.4 Å². The van der Waals surface area contributed by atoms with Crippen LogP contribution in [0.25, 0.3) is 0 Å². The molecule has 0 bridgehead atoms. The van der Waals surface area contributed by atoms with Gasteiger partial charge in [0, 0.05) is 12.7 Å². The minimum atomic E-state index is -0.909. The first-order chi connectivity index (χ1) is 10.9. The van der Waals surface area contributed by atoms with Crippen molar-refractivity contribution in [3.8, 4) is 11.8 Å². The van der Waals surface area contributed by atoms with Gasteiger partial charge in [-0.2, -0.15) is 5.26 Å². The maximum Gasteiger partial charge on any atom is 0.256 e. The molecular weight excluding hydrogens is 292 g/mol. The number of benzene rings is 1. The summed E-state index contributed by atoms with van der Waals surface area (Å²) in [4.78, 5) is 12.5. The van der Waals surface area contributed by atoms with Crippen molar-refractivity contribution in [1.82, 2.24) is 0 Å². The van der Waals surface area contributed by atoms with Gasteiger partial charge >= 0.3 is 0 Å². The predicted octanol–water partition coefficient (Wildman–Crippen LogP) is 3.88. The largest absolute Gasteiger partial charge is 0.491 e. The van der Waals surface area contributed by atoms with Gasteiger partial charge in [0.25, 0.3) is 5.91 Å². The smallest absolute Gasteiger partial charge is 0.256 e. The highest BCUT2D eigenvalue weighted by molar-refractivity contribution is 5.98. The van der Waals surface area contributed by atoms with E-state index in [-0.39, 0.29) is 12.0 Å². The van der Waals surface area contributed by atoms with Crippen LogP contribution in [0, 0.1) is 11.3 Å². The molecule has 2 atom stereocenters. The molecular formula is C18H26N2O3. The molecule has 23 heavy (non-hydrogen) atoms. The van der Waals surface area contributed by atoms with Crippen molar-refractivity contribution in [2.24, 2.45) is 0 Å². The van der Waals surface area contributed by atoms with Crippen LogP contribution in [0.4, 0.5) is 5.69 Å². The van der Waals surface area contributed by atoms with Gasteiger partial charge in [-0.05, 0) is 45.7 Å². The van der Waals surface area contributed by atoms with Gasteiger partial charge in [-0.1, -0.05) is 13.8 Å². The van der Waals surface area contributed by atoms with E-state index in [0.29, 0.717) is 30.0 Å². The molecule has 0 unspecified atom stereocenters. The highest BCUT2D eigenvalue weighted by Gasteiger charge is 2.32. The molecule has 1 rings (SSSR count). The van der Waals surface area contributed by atoms with Crippen LogP contribution in [-0.4, -0.2) is 24.2 Å². The van der Waals surface area contributed by atoms with E-state index >= 15 is 0 Å². The Balaban J connectivity index is 2.97. The summed E-state index contributed by atoms with van der Waals surface area (Å²) in [5, 5.41) is 12.1. The van der Waals surface area contributed by atoms with Crippen LogP contribution in [0.2, 0.25) is 0 Å². The molecule has 0 aliphatic rings. The number of ether oxygens (including phenoxy) is 2. The highest BCUT2D eigenvalue weighted by Crippen LogP contribution is 2.25. The second-order valence-corrected chi connectivity index (χ2v) is 5.63. The van der Waals surface area contributed by atoms with E-state index in [2.05, 4.69) is 11.4 Å². The molecule has 1 amide bonds. The van der Waals surface area contributed by atoms with Crippen molar-refractivity contribution >= 4 is 11.6 Å². The zero-order valence-corrected chi connectivity index (χ0v) is 14.6. The van der Waals surface area contributed by atoms with Crippen LogP contribution < -0.4 is 10.1 Å². The molecule has 0 saturated carbocycles. The zero-order chi connectivity index (χ0) is 17.5. The van der Waals surface area contributed by atoms with Crippen LogP contribution in [0.5, 0.6) is 5.75 Å². The quantitative estimate of drug-likeness (QED) is 0.789. The Morgan fingerprint density at radius 2 is 2.09 bits per heavy atom. The summed E-state index contributed by atoms with van der Waals surface area (Å²) in [5.41, 5.74) is -0.0737. The molecule has 1 aromatic carbocycles. The topological polar surface area (TPSA) is 71.3 Å². The van der Waals surface area contributed by atoms with Crippen molar-refractivity contribution in [2.75, 3.05) is 11.9 Å². The highest BCUT2D eigenvalue weighted by atomic mass is 16.5. The molecule has 0 fully saturated rings.